The lowest BCUT2D eigenvalue weighted by Gasteiger charge is -2.36. The summed E-state index contributed by atoms with van der Waals surface area (Å²) in [6, 6.07) is 19.3. The number of nitrogens with one attached hydrogen (secondary N) is 1. The van der Waals surface area contributed by atoms with E-state index in [1.54, 1.807) is 24.3 Å². The fourth-order valence-electron chi connectivity index (χ4n) is 3.37. The van der Waals surface area contributed by atoms with Crippen molar-refractivity contribution >= 4 is 19.9 Å². The van der Waals surface area contributed by atoms with Crippen molar-refractivity contribution in [3.63, 3.8) is 0 Å². The molecule has 1 N–H and O–H groups in total. The van der Waals surface area contributed by atoms with Crippen LogP contribution in [0.5, 0.6) is 0 Å². The van der Waals surface area contributed by atoms with Crippen LogP contribution < -0.4 is 5.32 Å². The SMILES string of the molecule is CC(C)(C)[Si](C)(C)OCCc1ccc(NC(=O)c2ccccc2-c2ccc(C(F)(F)F)cc2)cc1. The van der Waals surface area contributed by atoms with Crippen LogP contribution in [0.4, 0.5) is 18.9 Å². The molecule has 0 bridgehead atoms. The molecule has 0 aliphatic rings. The summed E-state index contributed by atoms with van der Waals surface area (Å²) in [5.74, 6) is -0.325. The first-order valence-electron chi connectivity index (χ1n) is 11.6. The monoisotopic (exact) mass is 499 g/mol. The number of amides is 1. The molecule has 0 saturated carbocycles. The molecule has 186 valence electrons. The Hall–Kier alpha value is -2.90. The maximum Gasteiger partial charge on any atom is 0.416 e. The maximum absolute atomic E-state index is 13.0. The van der Waals surface area contributed by atoms with Crippen molar-refractivity contribution in [3.05, 3.63) is 89.5 Å². The van der Waals surface area contributed by atoms with Crippen LogP contribution in [0.3, 0.4) is 0 Å². The molecular weight excluding hydrogens is 467 g/mol. The molecule has 7 heteroatoms. The molecule has 3 aromatic carbocycles. The van der Waals surface area contributed by atoms with Gasteiger partial charge in [0, 0.05) is 17.9 Å². The Balaban J connectivity index is 1.67. The van der Waals surface area contributed by atoms with Crippen LogP contribution in [0.15, 0.2) is 72.8 Å². The van der Waals surface area contributed by atoms with E-state index in [9.17, 15) is 18.0 Å². The minimum absolute atomic E-state index is 0.164. The molecule has 0 saturated heterocycles. The molecule has 0 aliphatic heterocycles. The van der Waals surface area contributed by atoms with Crippen molar-refractivity contribution in [2.45, 2.75) is 51.5 Å². The van der Waals surface area contributed by atoms with E-state index in [2.05, 4.69) is 39.2 Å². The van der Waals surface area contributed by atoms with Crippen LogP contribution in [-0.4, -0.2) is 20.8 Å². The molecule has 3 rings (SSSR count). The summed E-state index contributed by atoms with van der Waals surface area (Å²) < 4.78 is 44.9. The first-order valence-corrected chi connectivity index (χ1v) is 14.5. The van der Waals surface area contributed by atoms with E-state index >= 15 is 0 Å². The number of hydrogen-bond donors (Lipinski definition) is 1. The lowest BCUT2D eigenvalue weighted by molar-refractivity contribution is -0.137. The highest BCUT2D eigenvalue weighted by Crippen LogP contribution is 2.36. The van der Waals surface area contributed by atoms with Crippen LogP contribution in [0.25, 0.3) is 11.1 Å². The first-order chi connectivity index (χ1) is 16.3. The predicted octanol–water partition coefficient (Wildman–Crippen LogP) is 8.19. The summed E-state index contributed by atoms with van der Waals surface area (Å²) in [5, 5.41) is 3.05. The average molecular weight is 500 g/mol. The van der Waals surface area contributed by atoms with E-state index in [4.69, 9.17) is 4.43 Å². The molecule has 0 radical (unpaired) electrons. The van der Waals surface area contributed by atoms with Gasteiger partial charge in [0.1, 0.15) is 0 Å². The van der Waals surface area contributed by atoms with Crippen molar-refractivity contribution in [1.82, 2.24) is 0 Å². The second-order valence-electron chi connectivity index (χ2n) is 10.1. The molecule has 0 unspecified atom stereocenters. The number of rotatable bonds is 7. The third kappa shape index (κ3) is 6.83. The second-order valence-corrected chi connectivity index (χ2v) is 14.9. The van der Waals surface area contributed by atoms with Crippen molar-refractivity contribution in [3.8, 4) is 11.1 Å². The van der Waals surface area contributed by atoms with Gasteiger partial charge in [0.15, 0.2) is 8.32 Å². The number of anilines is 1. The van der Waals surface area contributed by atoms with E-state index < -0.39 is 20.1 Å². The van der Waals surface area contributed by atoms with Gasteiger partial charge < -0.3 is 9.74 Å². The third-order valence-electron chi connectivity index (χ3n) is 6.57. The van der Waals surface area contributed by atoms with Crippen LogP contribution in [-0.2, 0) is 17.0 Å². The summed E-state index contributed by atoms with van der Waals surface area (Å²) >= 11 is 0. The molecule has 3 aromatic rings. The molecule has 1 amide bonds. The molecule has 0 heterocycles. The summed E-state index contributed by atoms with van der Waals surface area (Å²) in [7, 11) is -1.79. The van der Waals surface area contributed by atoms with Gasteiger partial charge >= 0.3 is 6.18 Å². The van der Waals surface area contributed by atoms with Gasteiger partial charge in [-0.2, -0.15) is 13.2 Å². The number of halogens is 3. The lowest BCUT2D eigenvalue weighted by Crippen LogP contribution is -2.41. The van der Waals surface area contributed by atoms with Crippen LogP contribution in [0, 0.1) is 0 Å². The number of benzene rings is 3. The van der Waals surface area contributed by atoms with Gasteiger partial charge in [-0.3, -0.25) is 4.79 Å². The van der Waals surface area contributed by atoms with E-state index in [-0.39, 0.29) is 10.9 Å². The van der Waals surface area contributed by atoms with E-state index in [0.29, 0.717) is 29.0 Å². The van der Waals surface area contributed by atoms with Gasteiger partial charge in [-0.25, -0.2) is 0 Å². The zero-order valence-electron chi connectivity index (χ0n) is 20.8. The number of alkyl halides is 3. The van der Waals surface area contributed by atoms with Crippen molar-refractivity contribution in [1.29, 1.82) is 0 Å². The van der Waals surface area contributed by atoms with Gasteiger partial charge in [0.05, 0.1) is 5.56 Å². The topological polar surface area (TPSA) is 38.3 Å². The molecule has 0 atom stereocenters. The zero-order valence-corrected chi connectivity index (χ0v) is 21.8. The normalized spacial score (nSPS) is 12.5. The van der Waals surface area contributed by atoms with Crippen molar-refractivity contribution in [2.24, 2.45) is 0 Å². The average Bonchev–Trinajstić information content (AvgIpc) is 2.79. The first kappa shape index (κ1) is 26.7. The number of carbonyl (C=O) groups excluding carboxylic acids is 1. The smallest absolute Gasteiger partial charge is 0.416 e. The molecule has 0 aromatic heterocycles. The Morgan fingerprint density at radius 1 is 0.886 bits per heavy atom. The summed E-state index contributed by atoms with van der Waals surface area (Å²) in [4.78, 5) is 13.0. The summed E-state index contributed by atoms with van der Waals surface area (Å²) in [5.41, 5.74) is 2.54. The Morgan fingerprint density at radius 3 is 2.06 bits per heavy atom. The minimum atomic E-state index is -4.40. The predicted molar refractivity (Wildman–Crippen MR) is 138 cm³/mol. The molecule has 35 heavy (non-hydrogen) atoms. The Morgan fingerprint density at radius 2 is 1.49 bits per heavy atom. The molecular formula is C28H32F3NO2Si. The maximum atomic E-state index is 13.0. The third-order valence-corrected chi connectivity index (χ3v) is 11.1. The molecule has 0 fully saturated rings. The van der Waals surface area contributed by atoms with Crippen molar-refractivity contribution < 1.29 is 22.4 Å². The molecule has 3 nitrogen and oxygen atoms in total. The second kappa shape index (κ2) is 10.4. The summed E-state index contributed by atoms with van der Waals surface area (Å²) in [6.07, 6.45) is -3.62. The standard InChI is InChI=1S/C28H32F3NO2Si/c1-27(2,3)35(4,5)34-19-18-20-10-16-23(17-11-20)32-26(33)25-9-7-6-8-24(25)21-12-14-22(15-13-21)28(29,30)31/h6-17H,18-19H2,1-5H3,(H,32,33). The number of carbonyl (C=O) groups is 1. The van der Waals surface area contributed by atoms with Gasteiger partial charge in [0.2, 0.25) is 0 Å². The molecule has 0 spiro atoms. The van der Waals surface area contributed by atoms with Crippen LogP contribution in [0.2, 0.25) is 18.1 Å². The largest absolute Gasteiger partial charge is 0.416 e. The van der Waals surface area contributed by atoms with Crippen LogP contribution >= 0.6 is 0 Å². The van der Waals surface area contributed by atoms with E-state index in [0.717, 1.165) is 24.1 Å². The van der Waals surface area contributed by atoms with E-state index in [1.807, 2.05) is 24.3 Å². The Bertz CT molecular complexity index is 1150. The fraction of sp³-hybridized carbons (Fsp3) is 0.321. The number of hydrogen-bond acceptors (Lipinski definition) is 2. The summed E-state index contributed by atoms with van der Waals surface area (Å²) in [6.45, 7) is 11.8. The van der Waals surface area contributed by atoms with Crippen molar-refractivity contribution in [2.75, 3.05) is 11.9 Å². The highest BCUT2D eigenvalue weighted by atomic mass is 28.4. The lowest BCUT2D eigenvalue weighted by atomic mass is 9.98. The zero-order chi connectivity index (χ0) is 25.9. The van der Waals surface area contributed by atoms with Gasteiger partial charge in [-0.15, -0.1) is 0 Å². The highest BCUT2D eigenvalue weighted by molar-refractivity contribution is 6.74. The highest BCUT2D eigenvalue weighted by Gasteiger charge is 2.36. The fourth-order valence-corrected chi connectivity index (χ4v) is 4.41. The van der Waals surface area contributed by atoms with E-state index in [1.165, 1.54) is 12.1 Å². The van der Waals surface area contributed by atoms with Gasteiger partial charge in [0.25, 0.3) is 5.91 Å². The Labute approximate surface area is 206 Å². The minimum Gasteiger partial charge on any atom is -0.416 e. The van der Waals surface area contributed by atoms with Gasteiger partial charge in [-0.05, 0) is 71.6 Å². The van der Waals surface area contributed by atoms with Crippen LogP contribution in [0.1, 0.15) is 42.3 Å². The quantitative estimate of drug-likeness (QED) is 0.333. The molecule has 0 aliphatic carbocycles. The Kier molecular flexibility index (Phi) is 7.92. The van der Waals surface area contributed by atoms with Gasteiger partial charge in [-0.1, -0.05) is 63.2 Å².